The van der Waals surface area contributed by atoms with Gasteiger partial charge in [0, 0.05) is 12.2 Å². The average molecular weight is 424 g/mol. The Kier molecular flexibility index (Phi) is 6.45. The molecule has 0 spiro atoms. The van der Waals surface area contributed by atoms with Crippen LogP contribution in [0.5, 0.6) is 5.75 Å². The largest absolute Gasteiger partial charge is 0.484 e. The molecule has 8 heteroatoms. The smallest absolute Gasteiger partial charge is 0.322 e. The van der Waals surface area contributed by atoms with Gasteiger partial charge in [-0.15, -0.1) is 0 Å². The van der Waals surface area contributed by atoms with Crippen LogP contribution in [0.4, 0.5) is 14.9 Å². The Morgan fingerprint density at radius 2 is 2.10 bits per heavy atom. The molecule has 1 N–H and O–H groups in total. The van der Waals surface area contributed by atoms with Crippen molar-refractivity contribution in [3.8, 4) is 5.75 Å². The topological polar surface area (TPSA) is 80.5 Å². The molecule has 0 aliphatic carbocycles. The normalized spacial score (nSPS) is 16.2. The zero-order chi connectivity index (χ0) is 21.6. The first-order valence-electron chi connectivity index (χ1n) is 10.5. The summed E-state index contributed by atoms with van der Waals surface area (Å²) in [6, 6.07) is 13.1. The van der Waals surface area contributed by atoms with Crippen molar-refractivity contribution in [2.45, 2.75) is 45.3 Å². The third-order valence-electron chi connectivity index (χ3n) is 5.31. The Balaban J connectivity index is 1.42. The van der Waals surface area contributed by atoms with Crippen molar-refractivity contribution in [1.82, 2.24) is 15.0 Å². The minimum atomic E-state index is -0.329. The fraction of sp³-hybridized carbons (Fsp3) is 0.348. The maximum absolute atomic E-state index is 13.0. The van der Waals surface area contributed by atoms with Gasteiger partial charge in [0.2, 0.25) is 0 Å². The summed E-state index contributed by atoms with van der Waals surface area (Å²) in [7, 11) is 0. The number of aromatic nitrogens is 2. The number of likely N-dealkylation sites (tertiary alicyclic amines) is 1. The molecule has 1 aliphatic rings. The summed E-state index contributed by atoms with van der Waals surface area (Å²) in [6.07, 6.45) is 3.58. The molecule has 1 aliphatic heterocycles. The predicted octanol–water partition coefficient (Wildman–Crippen LogP) is 5.11. The number of piperidine rings is 1. The molecule has 2 heterocycles. The molecule has 7 nitrogen and oxygen atoms in total. The Bertz CT molecular complexity index is 1020. The Hall–Kier alpha value is -3.42. The second-order valence-electron chi connectivity index (χ2n) is 7.48. The number of nitrogens with one attached hydrogen (secondary N) is 1. The lowest BCUT2D eigenvalue weighted by Crippen LogP contribution is -2.41. The van der Waals surface area contributed by atoms with Gasteiger partial charge in [-0.3, -0.25) is 0 Å². The number of carbonyl (C=O) groups is 1. The minimum absolute atomic E-state index is 0.0708. The van der Waals surface area contributed by atoms with Crippen molar-refractivity contribution in [3.05, 3.63) is 71.6 Å². The molecule has 162 valence electrons. The molecule has 1 aromatic heterocycles. The summed E-state index contributed by atoms with van der Waals surface area (Å²) in [5.41, 5.74) is 1.94. The number of anilines is 1. The molecule has 1 unspecified atom stereocenters. The Labute approximate surface area is 180 Å². The van der Waals surface area contributed by atoms with Crippen LogP contribution in [-0.2, 0) is 13.0 Å². The fourth-order valence-electron chi connectivity index (χ4n) is 3.65. The maximum atomic E-state index is 13.0. The standard InChI is InChI=1S/C23H25FN4O3/c1-2-16-6-5-7-18(14-16)25-23(29)28-13-4-3-8-20(28)22-26-21(31-27-22)15-30-19-11-9-17(24)10-12-19/h5-7,9-12,14,20H,2-4,8,13,15H2,1H3,(H,25,29). The highest BCUT2D eigenvalue weighted by Gasteiger charge is 2.31. The van der Waals surface area contributed by atoms with Crippen LogP contribution in [0.1, 0.15) is 49.5 Å². The monoisotopic (exact) mass is 424 g/mol. The summed E-state index contributed by atoms with van der Waals surface area (Å²) in [5, 5.41) is 7.08. The summed E-state index contributed by atoms with van der Waals surface area (Å²) in [5.74, 6) is 0.953. The van der Waals surface area contributed by atoms with Gasteiger partial charge in [-0.05, 0) is 67.6 Å². The molecule has 1 saturated heterocycles. The molecule has 0 saturated carbocycles. The van der Waals surface area contributed by atoms with Crippen molar-refractivity contribution in [1.29, 1.82) is 0 Å². The van der Waals surface area contributed by atoms with Crippen LogP contribution < -0.4 is 10.1 Å². The van der Waals surface area contributed by atoms with E-state index in [2.05, 4.69) is 22.4 Å². The number of urea groups is 1. The SMILES string of the molecule is CCc1cccc(NC(=O)N2CCCCC2c2noc(COc3ccc(F)cc3)n2)c1. The van der Waals surface area contributed by atoms with Gasteiger partial charge >= 0.3 is 6.03 Å². The molecule has 4 rings (SSSR count). The van der Waals surface area contributed by atoms with Crippen LogP contribution in [0.3, 0.4) is 0 Å². The van der Waals surface area contributed by atoms with Crippen LogP contribution in [0, 0.1) is 5.82 Å². The number of ether oxygens (including phenoxy) is 1. The van der Waals surface area contributed by atoms with Crippen LogP contribution >= 0.6 is 0 Å². The van der Waals surface area contributed by atoms with Crippen LogP contribution in [0.2, 0.25) is 0 Å². The number of aryl methyl sites for hydroxylation is 1. The Morgan fingerprint density at radius 3 is 2.90 bits per heavy atom. The molecule has 1 fully saturated rings. The van der Waals surface area contributed by atoms with Crippen molar-refractivity contribution in [3.63, 3.8) is 0 Å². The quantitative estimate of drug-likeness (QED) is 0.595. The van der Waals surface area contributed by atoms with E-state index in [9.17, 15) is 9.18 Å². The number of hydrogen-bond donors (Lipinski definition) is 1. The molecule has 0 bridgehead atoms. The third-order valence-corrected chi connectivity index (χ3v) is 5.31. The lowest BCUT2D eigenvalue weighted by molar-refractivity contribution is 0.157. The molecular weight excluding hydrogens is 399 g/mol. The highest BCUT2D eigenvalue weighted by Crippen LogP contribution is 2.30. The van der Waals surface area contributed by atoms with Gasteiger partial charge in [0.15, 0.2) is 12.4 Å². The lowest BCUT2D eigenvalue weighted by Gasteiger charge is -2.33. The van der Waals surface area contributed by atoms with Crippen molar-refractivity contribution in [2.24, 2.45) is 0 Å². The first kappa shape index (κ1) is 20.8. The number of benzene rings is 2. The lowest BCUT2D eigenvalue weighted by atomic mass is 10.0. The number of hydrogen-bond acceptors (Lipinski definition) is 5. The van der Waals surface area contributed by atoms with E-state index in [1.54, 1.807) is 4.90 Å². The van der Waals surface area contributed by atoms with E-state index >= 15 is 0 Å². The molecule has 2 amide bonds. The number of halogens is 1. The van der Waals surface area contributed by atoms with Crippen LogP contribution in [0.15, 0.2) is 53.1 Å². The van der Waals surface area contributed by atoms with E-state index in [0.29, 0.717) is 24.0 Å². The van der Waals surface area contributed by atoms with E-state index in [1.807, 2.05) is 24.3 Å². The molecule has 2 aromatic carbocycles. The summed E-state index contributed by atoms with van der Waals surface area (Å²) >= 11 is 0. The Morgan fingerprint density at radius 1 is 1.26 bits per heavy atom. The molecule has 31 heavy (non-hydrogen) atoms. The van der Waals surface area contributed by atoms with Crippen LogP contribution in [-0.4, -0.2) is 27.6 Å². The van der Waals surface area contributed by atoms with Gasteiger partial charge in [0.25, 0.3) is 5.89 Å². The zero-order valence-corrected chi connectivity index (χ0v) is 17.4. The van der Waals surface area contributed by atoms with Crippen LogP contribution in [0.25, 0.3) is 0 Å². The molecule has 1 atom stereocenters. The summed E-state index contributed by atoms with van der Waals surface area (Å²) < 4.78 is 23.9. The number of amides is 2. The maximum Gasteiger partial charge on any atom is 0.322 e. The third kappa shape index (κ3) is 5.20. The van der Waals surface area contributed by atoms with Gasteiger partial charge < -0.3 is 19.5 Å². The fourth-order valence-corrected chi connectivity index (χ4v) is 3.65. The van der Waals surface area contributed by atoms with E-state index in [1.165, 1.54) is 24.3 Å². The second-order valence-corrected chi connectivity index (χ2v) is 7.48. The van der Waals surface area contributed by atoms with Gasteiger partial charge in [-0.1, -0.05) is 24.2 Å². The second kappa shape index (κ2) is 9.59. The van der Waals surface area contributed by atoms with Crippen molar-refractivity contribution >= 4 is 11.7 Å². The van der Waals surface area contributed by atoms with Gasteiger partial charge in [-0.2, -0.15) is 4.98 Å². The van der Waals surface area contributed by atoms with Crippen molar-refractivity contribution < 1.29 is 18.4 Å². The van der Waals surface area contributed by atoms with E-state index in [-0.39, 0.29) is 24.5 Å². The van der Waals surface area contributed by atoms with Gasteiger partial charge in [0.1, 0.15) is 11.6 Å². The first-order valence-corrected chi connectivity index (χ1v) is 10.5. The molecule has 3 aromatic rings. The highest BCUT2D eigenvalue weighted by molar-refractivity contribution is 5.89. The van der Waals surface area contributed by atoms with Crippen molar-refractivity contribution in [2.75, 3.05) is 11.9 Å². The summed E-state index contributed by atoms with van der Waals surface area (Å²) in [6.45, 7) is 2.77. The predicted molar refractivity (Wildman–Crippen MR) is 113 cm³/mol. The average Bonchev–Trinajstić information content (AvgIpc) is 3.28. The van der Waals surface area contributed by atoms with Gasteiger partial charge in [0.05, 0.1) is 6.04 Å². The van der Waals surface area contributed by atoms with E-state index in [4.69, 9.17) is 9.26 Å². The summed E-state index contributed by atoms with van der Waals surface area (Å²) in [4.78, 5) is 19.2. The molecule has 0 radical (unpaired) electrons. The zero-order valence-electron chi connectivity index (χ0n) is 17.4. The highest BCUT2D eigenvalue weighted by atomic mass is 19.1. The number of nitrogens with zero attached hydrogens (tertiary/aromatic N) is 3. The van der Waals surface area contributed by atoms with Gasteiger partial charge in [-0.25, -0.2) is 9.18 Å². The number of rotatable bonds is 6. The minimum Gasteiger partial charge on any atom is -0.484 e. The van der Waals surface area contributed by atoms with E-state index < -0.39 is 0 Å². The number of carbonyl (C=O) groups excluding carboxylic acids is 1. The first-order chi connectivity index (χ1) is 15.1. The molecular formula is C23H25FN4O3. The van der Waals surface area contributed by atoms with E-state index in [0.717, 1.165) is 36.9 Å².